The molecule has 0 bridgehead atoms. The first kappa shape index (κ1) is 97.2. The molecular formula is C83H140O17P2. The van der Waals surface area contributed by atoms with Gasteiger partial charge in [-0.05, 0) is 161 Å². The third-order valence-electron chi connectivity index (χ3n) is 16.1. The predicted octanol–water partition coefficient (Wildman–Crippen LogP) is 22.9. The first-order valence-corrected chi connectivity index (χ1v) is 42.4. The Kier molecular flexibility index (Phi) is 71.0. The third kappa shape index (κ3) is 73.5. The molecule has 0 amide bonds. The number of unbranched alkanes of at least 4 members (excludes halogenated alkanes) is 25. The van der Waals surface area contributed by atoms with Crippen LogP contribution in [-0.4, -0.2) is 96.7 Å². The molecule has 17 nitrogen and oxygen atoms in total. The van der Waals surface area contributed by atoms with Crippen LogP contribution in [-0.2, 0) is 65.4 Å². The lowest BCUT2D eigenvalue weighted by Crippen LogP contribution is -2.30. The molecule has 102 heavy (non-hydrogen) atoms. The summed E-state index contributed by atoms with van der Waals surface area (Å²) in [6.07, 6.45) is 83.0. The van der Waals surface area contributed by atoms with Crippen LogP contribution in [0, 0.1) is 0 Å². The number of ether oxygens (including phenoxy) is 4. The molecular weight excluding hydrogens is 1330 g/mol. The maximum Gasteiger partial charge on any atom is 0.472 e. The molecule has 0 saturated carbocycles. The number of aliphatic hydroxyl groups excluding tert-OH is 1. The molecule has 0 aromatic heterocycles. The van der Waals surface area contributed by atoms with Crippen molar-refractivity contribution in [2.75, 3.05) is 39.6 Å². The van der Waals surface area contributed by atoms with Gasteiger partial charge in [-0.2, -0.15) is 0 Å². The lowest BCUT2D eigenvalue weighted by Gasteiger charge is -2.21. The summed E-state index contributed by atoms with van der Waals surface area (Å²) in [5.41, 5.74) is 0. The summed E-state index contributed by atoms with van der Waals surface area (Å²) >= 11 is 0. The molecule has 0 spiro atoms. The van der Waals surface area contributed by atoms with E-state index in [9.17, 15) is 43.2 Å². The zero-order valence-corrected chi connectivity index (χ0v) is 65.5. The molecule has 0 rings (SSSR count). The summed E-state index contributed by atoms with van der Waals surface area (Å²) in [6.45, 7) is 4.58. The van der Waals surface area contributed by atoms with Gasteiger partial charge in [0, 0.05) is 25.7 Å². The predicted molar refractivity (Wildman–Crippen MR) is 418 cm³/mol. The molecule has 0 aliphatic rings. The van der Waals surface area contributed by atoms with E-state index in [1.54, 1.807) is 0 Å². The lowest BCUT2D eigenvalue weighted by molar-refractivity contribution is -0.161. The first-order valence-electron chi connectivity index (χ1n) is 39.4. The van der Waals surface area contributed by atoms with Crippen molar-refractivity contribution in [1.82, 2.24) is 0 Å². The van der Waals surface area contributed by atoms with Crippen LogP contribution in [0.15, 0.2) is 134 Å². The maximum atomic E-state index is 13.1. The largest absolute Gasteiger partial charge is 0.472 e. The van der Waals surface area contributed by atoms with Crippen molar-refractivity contribution in [1.29, 1.82) is 0 Å². The molecule has 584 valence electrons. The van der Waals surface area contributed by atoms with Gasteiger partial charge in [0.2, 0.25) is 0 Å². The number of esters is 4. The minimum absolute atomic E-state index is 0.0144. The van der Waals surface area contributed by atoms with Gasteiger partial charge in [0.15, 0.2) is 12.2 Å². The van der Waals surface area contributed by atoms with E-state index in [4.69, 9.17) is 37.0 Å². The van der Waals surface area contributed by atoms with Crippen molar-refractivity contribution in [3.8, 4) is 0 Å². The van der Waals surface area contributed by atoms with E-state index in [1.807, 2.05) is 12.2 Å². The van der Waals surface area contributed by atoms with Crippen molar-refractivity contribution < 1.29 is 80.2 Å². The average molecular weight is 1470 g/mol. The molecule has 0 aromatic carbocycles. The van der Waals surface area contributed by atoms with Gasteiger partial charge in [-0.1, -0.05) is 258 Å². The Morgan fingerprint density at radius 3 is 0.863 bits per heavy atom. The summed E-state index contributed by atoms with van der Waals surface area (Å²) < 4.78 is 68.4. The Morgan fingerprint density at radius 1 is 0.284 bits per heavy atom. The van der Waals surface area contributed by atoms with Crippen LogP contribution >= 0.6 is 15.6 Å². The third-order valence-corrected chi connectivity index (χ3v) is 18.0. The molecule has 0 aliphatic heterocycles. The highest BCUT2D eigenvalue weighted by Gasteiger charge is 2.30. The SMILES string of the molecule is CC/C=C\C/C=C\C/C=C\C/C=C\C/C=C\CCCCCC(=O)O[C@H](COC(=O)CCCCCCC/C=C\CCCCCC)COP(=O)(O)OC[C@@H](O)COP(=O)(O)OC[C@@H](COC(=O)CCCCCCC/C=C\CCCCCC)OC(=O)CCC/C=C\C/C=C\C/C=C\C/C=C\CCCCC. The van der Waals surface area contributed by atoms with E-state index in [-0.39, 0.29) is 25.7 Å². The number of carbonyl (C=O) groups is 4. The number of hydrogen-bond acceptors (Lipinski definition) is 15. The Labute approximate surface area is 618 Å². The fraction of sp³-hybridized carbons (Fsp3) is 0.687. The fourth-order valence-corrected chi connectivity index (χ4v) is 11.6. The van der Waals surface area contributed by atoms with Crippen LogP contribution in [0.1, 0.15) is 310 Å². The van der Waals surface area contributed by atoms with Crippen LogP contribution in [0.4, 0.5) is 0 Å². The number of rotatable bonds is 73. The van der Waals surface area contributed by atoms with Crippen LogP contribution in [0.5, 0.6) is 0 Å². The molecule has 0 aliphatic carbocycles. The smallest absolute Gasteiger partial charge is 0.462 e. The molecule has 0 saturated heterocycles. The number of phosphoric ester groups is 2. The first-order chi connectivity index (χ1) is 49.7. The fourth-order valence-electron chi connectivity index (χ4n) is 10.1. The van der Waals surface area contributed by atoms with Crippen LogP contribution < -0.4 is 0 Å². The Hall–Kier alpha value is -4.80. The average Bonchev–Trinajstić information content (AvgIpc) is 1.04. The number of hydrogen-bond donors (Lipinski definition) is 3. The van der Waals surface area contributed by atoms with E-state index in [0.29, 0.717) is 32.1 Å². The Morgan fingerprint density at radius 2 is 0.520 bits per heavy atom. The number of carbonyl (C=O) groups excluding carboxylic acids is 4. The number of phosphoric acid groups is 2. The standard InChI is InChI=1S/C83H140O17P2/c1-5-9-13-17-21-25-29-33-35-37-38-40-42-46-50-54-58-62-66-70-83(88)100-79(74-94-81(86)68-64-60-56-52-48-44-32-28-24-20-16-12-8-4)76-98-102(91,92)96-72-77(84)71-95-101(89,90)97-75-78(73-93-80(85)67-63-59-55-51-47-43-31-27-23-19-15-11-7-3)99-82(87)69-65-61-57-53-49-45-41-39-36-34-30-26-22-18-14-10-6-2/h9,13,21-22,25-28,31-36,38,40-41,45-46,50,53,57,77-79,84H,5-8,10-12,14-20,23-24,29-30,37,39,42-44,47-49,51-52,54-56,58-76H2,1-4H3,(H,89,90)(H,91,92)/b13-9-,25-21-,26-22-,31-27-,32-28-,35-33-,36-34-,40-38-,45-41-,50-46-,57-53-/t77-,78+,79+/m0/s1. The van der Waals surface area contributed by atoms with E-state index >= 15 is 0 Å². The maximum absolute atomic E-state index is 13.1. The van der Waals surface area contributed by atoms with Gasteiger partial charge in [-0.15, -0.1) is 0 Å². The monoisotopic (exact) mass is 1470 g/mol. The molecule has 0 fully saturated rings. The Bertz CT molecular complexity index is 2460. The quantitative estimate of drug-likeness (QED) is 0.0169. The molecule has 2 unspecified atom stereocenters. The molecule has 5 atom stereocenters. The second-order valence-electron chi connectivity index (χ2n) is 25.9. The normalized spacial score (nSPS) is 14.6. The van der Waals surface area contributed by atoms with Crippen LogP contribution in [0.25, 0.3) is 0 Å². The summed E-state index contributed by atoms with van der Waals surface area (Å²) in [5, 5.41) is 10.6. The Balaban J connectivity index is 5.45. The summed E-state index contributed by atoms with van der Waals surface area (Å²) in [6, 6.07) is 0. The summed E-state index contributed by atoms with van der Waals surface area (Å²) in [4.78, 5) is 72.9. The van der Waals surface area contributed by atoms with Gasteiger partial charge in [0.25, 0.3) is 0 Å². The number of allylic oxidation sites excluding steroid dienone is 22. The summed E-state index contributed by atoms with van der Waals surface area (Å²) in [7, 11) is -9.99. The van der Waals surface area contributed by atoms with Gasteiger partial charge in [-0.25, -0.2) is 9.13 Å². The highest BCUT2D eigenvalue weighted by molar-refractivity contribution is 7.47. The zero-order chi connectivity index (χ0) is 74.6. The van der Waals surface area contributed by atoms with Gasteiger partial charge in [0.1, 0.15) is 19.3 Å². The molecule has 0 aromatic rings. The molecule has 0 radical (unpaired) electrons. The van der Waals surface area contributed by atoms with E-state index in [2.05, 4.69) is 149 Å². The van der Waals surface area contributed by atoms with Crippen molar-refractivity contribution in [3.05, 3.63) is 134 Å². The minimum Gasteiger partial charge on any atom is -0.462 e. The van der Waals surface area contributed by atoms with Crippen molar-refractivity contribution >= 4 is 39.5 Å². The van der Waals surface area contributed by atoms with Crippen LogP contribution in [0.3, 0.4) is 0 Å². The van der Waals surface area contributed by atoms with E-state index < -0.39 is 97.5 Å². The van der Waals surface area contributed by atoms with Crippen molar-refractivity contribution in [3.63, 3.8) is 0 Å². The van der Waals surface area contributed by atoms with Gasteiger partial charge in [-0.3, -0.25) is 37.3 Å². The highest BCUT2D eigenvalue weighted by Crippen LogP contribution is 2.45. The van der Waals surface area contributed by atoms with Gasteiger partial charge < -0.3 is 33.8 Å². The van der Waals surface area contributed by atoms with Crippen molar-refractivity contribution in [2.45, 2.75) is 329 Å². The molecule has 19 heteroatoms. The highest BCUT2D eigenvalue weighted by atomic mass is 31.2. The molecule has 3 N–H and O–H groups in total. The van der Waals surface area contributed by atoms with Gasteiger partial charge in [0.05, 0.1) is 26.4 Å². The lowest BCUT2D eigenvalue weighted by atomic mass is 10.1. The van der Waals surface area contributed by atoms with Crippen molar-refractivity contribution in [2.24, 2.45) is 0 Å². The summed E-state index contributed by atoms with van der Waals surface area (Å²) in [5.74, 6) is -2.30. The van der Waals surface area contributed by atoms with Gasteiger partial charge >= 0.3 is 39.5 Å². The van der Waals surface area contributed by atoms with Crippen LogP contribution in [0.2, 0.25) is 0 Å². The molecule has 0 heterocycles. The number of aliphatic hydroxyl groups is 1. The topological polar surface area (TPSA) is 237 Å². The van der Waals surface area contributed by atoms with E-state index in [0.717, 1.165) is 154 Å². The zero-order valence-electron chi connectivity index (χ0n) is 63.7. The minimum atomic E-state index is -5.00. The second kappa shape index (κ2) is 74.5. The van der Waals surface area contributed by atoms with E-state index in [1.165, 1.54) is 70.6 Å². The second-order valence-corrected chi connectivity index (χ2v) is 28.8.